The highest BCUT2D eigenvalue weighted by Crippen LogP contribution is 2.38. The van der Waals surface area contributed by atoms with E-state index in [2.05, 4.69) is 26.2 Å². The zero-order valence-electron chi connectivity index (χ0n) is 29.3. The lowest BCUT2D eigenvalue weighted by atomic mass is 9.91. The van der Waals surface area contributed by atoms with E-state index in [1.807, 2.05) is 44.2 Å². The maximum Gasteiger partial charge on any atom is 0.257 e. The Labute approximate surface area is 294 Å². The Morgan fingerprint density at radius 2 is 1.58 bits per heavy atom. The molecule has 270 valence electrons. The summed E-state index contributed by atoms with van der Waals surface area (Å²) in [6.45, 7) is 7.53. The largest absolute Gasteiger partial charge is 0.370 e. The number of para-hydroxylation sites is 3. The van der Waals surface area contributed by atoms with Crippen LogP contribution in [0.1, 0.15) is 82.5 Å². The normalized spacial score (nSPS) is 15.9. The molecule has 13 nitrogen and oxygen atoms in total. The molecular formula is C37H51N7O6. The van der Waals surface area contributed by atoms with Crippen LogP contribution in [0.4, 0.5) is 17.1 Å². The summed E-state index contributed by atoms with van der Waals surface area (Å²) in [5.74, 6) is -1.47. The van der Waals surface area contributed by atoms with Crippen molar-refractivity contribution in [1.82, 2.24) is 20.9 Å². The van der Waals surface area contributed by atoms with Crippen LogP contribution in [0.2, 0.25) is 0 Å². The molecule has 0 bridgehead atoms. The number of fused-ring (bicyclic) bond motifs is 2. The quantitative estimate of drug-likeness (QED) is 0.168. The fourth-order valence-corrected chi connectivity index (χ4v) is 6.59. The van der Waals surface area contributed by atoms with Crippen molar-refractivity contribution in [1.29, 1.82) is 0 Å². The van der Waals surface area contributed by atoms with Crippen molar-refractivity contribution < 1.29 is 28.8 Å². The second kappa shape index (κ2) is 18.3. The van der Waals surface area contributed by atoms with Gasteiger partial charge in [0.05, 0.1) is 29.2 Å². The van der Waals surface area contributed by atoms with Crippen LogP contribution < -0.4 is 31.9 Å². The molecule has 0 aliphatic carbocycles. The summed E-state index contributed by atoms with van der Waals surface area (Å²) >= 11 is 0. The predicted molar refractivity (Wildman–Crippen MR) is 191 cm³/mol. The molecule has 2 aromatic rings. The van der Waals surface area contributed by atoms with Gasteiger partial charge in [0, 0.05) is 19.9 Å². The van der Waals surface area contributed by atoms with E-state index in [0.29, 0.717) is 41.5 Å². The number of carbonyl (C=O) groups is 6. The topological polar surface area (TPSA) is 183 Å². The van der Waals surface area contributed by atoms with Crippen molar-refractivity contribution in [3.8, 4) is 0 Å². The summed E-state index contributed by atoms with van der Waals surface area (Å²) in [6.07, 6.45) is 5.09. The first-order valence-electron chi connectivity index (χ1n) is 17.6. The van der Waals surface area contributed by atoms with Gasteiger partial charge in [0.1, 0.15) is 12.1 Å². The van der Waals surface area contributed by atoms with Crippen LogP contribution >= 0.6 is 0 Å². The van der Waals surface area contributed by atoms with E-state index in [-0.39, 0.29) is 43.0 Å². The van der Waals surface area contributed by atoms with Crippen LogP contribution in [0.3, 0.4) is 0 Å². The molecule has 2 aliphatic heterocycles. The first kappa shape index (κ1) is 38.0. The number of carbonyl (C=O) groups excluding carboxylic acids is 6. The van der Waals surface area contributed by atoms with E-state index in [9.17, 15) is 28.8 Å². The molecule has 0 spiro atoms. The summed E-state index contributed by atoms with van der Waals surface area (Å²) in [7, 11) is 0. The van der Waals surface area contributed by atoms with E-state index >= 15 is 0 Å². The van der Waals surface area contributed by atoms with Gasteiger partial charge in [-0.25, -0.2) is 0 Å². The third kappa shape index (κ3) is 10.9. The molecule has 6 amide bonds. The van der Waals surface area contributed by atoms with Crippen LogP contribution in [0.25, 0.3) is 0 Å². The molecule has 2 aromatic carbocycles. The first-order chi connectivity index (χ1) is 23.9. The van der Waals surface area contributed by atoms with E-state index in [1.54, 1.807) is 23.1 Å². The lowest BCUT2D eigenvalue weighted by Gasteiger charge is -2.33. The second-order valence-corrected chi connectivity index (χ2v) is 13.7. The number of anilines is 3. The Bertz CT molecular complexity index is 1540. The van der Waals surface area contributed by atoms with Gasteiger partial charge >= 0.3 is 0 Å². The molecule has 0 saturated carbocycles. The molecule has 13 heteroatoms. The van der Waals surface area contributed by atoms with Gasteiger partial charge in [0.25, 0.3) is 5.91 Å². The predicted octanol–water partition coefficient (Wildman–Crippen LogP) is 3.22. The smallest absolute Gasteiger partial charge is 0.257 e. The van der Waals surface area contributed by atoms with E-state index in [4.69, 9.17) is 5.73 Å². The van der Waals surface area contributed by atoms with Crippen LogP contribution in [-0.4, -0.2) is 78.6 Å². The van der Waals surface area contributed by atoms with Crippen LogP contribution in [-0.2, 0) is 24.0 Å². The molecule has 2 aliphatic rings. The average molecular weight is 690 g/mol. The number of primary amides is 1. The molecule has 4 rings (SSSR count). The van der Waals surface area contributed by atoms with Crippen molar-refractivity contribution in [3.63, 3.8) is 0 Å². The van der Waals surface area contributed by atoms with Gasteiger partial charge in [-0.15, -0.1) is 0 Å². The Hall–Kier alpha value is -4.78. The third-order valence-corrected chi connectivity index (χ3v) is 9.15. The van der Waals surface area contributed by atoms with Crippen molar-refractivity contribution in [2.45, 2.75) is 84.2 Å². The fraction of sp³-hybridized carbons (Fsp3) is 0.514. The maximum atomic E-state index is 13.8. The highest BCUT2D eigenvalue weighted by atomic mass is 16.2. The SMILES string of the molecule is CC(=O)N[C@@H](CCC(N)=O)C(=O)N[C@@H](CC(C)C)C(=O)NCCCCC1CCN(CC(=O)N2c3ccccc3NC(=O)c3ccccc32)CC1. The van der Waals surface area contributed by atoms with E-state index in [0.717, 1.165) is 45.2 Å². The standard InChI is InChI=1S/C37H51N7O6/c1-24(2)22-30(42-37(50)29(40-25(3)45)15-16-33(38)46)36(49)39-19-9-8-10-26-17-20-43(21-18-26)23-34(47)44-31-13-6-4-11-27(31)35(48)41-28-12-5-7-14-32(28)44/h4-7,11-14,24,26,29-30H,8-10,15-23H2,1-3H3,(H2,38,46)(H,39,49)(H,40,45)(H,41,48)(H,42,50)/t29-,30-/m0/s1. The first-order valence-corrected chi connectivity index (χ1v) is 17.6. The van der Waals surface area contributed by atoms with Gasteiger partial charge in [-0.2, -0.15) is 0 Å². The maximum absolute atomic E-state index is 13.8. The number of benzene rings is 2. The van der Waals surface area contributed by atoms with Crippen molar-refractivity contribution in [3.05, 3.63) is 54.1 Å². The van der Waals surface area contributed by atoms with Gasteiger partial charge in [0.2, 0.25) is 29.5 Å². The number of nitrogens with zero attached hydrogens (tertiary/aromatic N) is 2. The fourth-order valence-electron chi connectivity index (χ4n) is 6.59. The minimum atomic E-state index is -0.960. The molecule has 1 fully saturated rings. The lowest BCUT2D eigenvalue weighted by Crippen LogP contribution is -2.54. The van der Waals surface area contributed by atoms with Gasteiger partial charge in [0.15, 0.2) is 0 Å². The van der Waals surface area contributed by atoms with Crippen LogP contribution in [0.15, 0.2) is 48.5 Å². The Balaban J connectivity index is 1.21. The number of nitrogens with two attached hydrogens (primary N) is 1. The molecule has 50 heavy (non-hydrogen) atoms. The van der Waals surface area contributed by atoms with Gasteiger partial charge in [-0.05, 0) is 81.3 Å². The third-order valence-electron chi connectivity index (χ3n) is 9.15. The second-order valence-electron chi connectivity index (χ2n) is 13.7. The summed E-state index contributed by atoms with van der Waals surface area (Å²) in [5.41, 5.74) is 7.52. The van der Waals surface area contributed by atoms with Crippen LogP contribution in [0.5, 0.6) is 0 Å². The minimum absolute atomic E-state index is 0.0490. The summed E-state index contributed by atoms with van der Waals surface area (Å²) < 4.78 is 0. The zero-order valence-corrected chi connectivity index (χ0v) is 29.3. The summed E-state index contributed by atoms with van der Waals surface area (Å²) in [4.78, 5) is 79.4. The molecule has 2 atom stereocenters. The van der Waals surface area contributed by atoms with Crippen LogP contribution in [0, 0.1) is 11.8 Å². The van der Waals surface area contributed by atoms with E-state index < -0.39 is 29.8 Å². The molecule has 6 N–H and O–H groups in total. The van der Waals surface area contributed by atoms with Crippen molar-refractivity contribution in [2.24, 2.45) is 17.6 Å². The molecule has 0 unspecified atom stereocenters. The zero-order chi connectivity index (χ0) is 36.2. The minimum Gasteiger partial charge on any atom is -0.370 e. The van der Waals surface area contributed by atoms with Gasteiger partial charge in [-0.3, -0.25) is 38.6 Å². The molecular weight excluding hydrogens is 638 g/mol. The van der Waals surface area contributed by atoms with Gasteiger partial charge < -0.3 is 27.0 Å². The highest BCUT2D eigenvalue weighted by Gasteiger charge is 2.31. The Morgan fingerprint density at radius 3 is 2.26 bits per heavy atom. The Morgan fingerprint density at radius 1 is 0.900 bits per heavy atom. The van der Waals surface area contributed by atoms with E-state index in [1.165, 1.54) is 6.92 Å². The van der Waals surface area contributed by atoms with Gasteiger partial charge in [-0.1, -0.05) is 51.0 Å². The van der Waals surface area contributed by atoms with Crippen molar-refractivity contribution in [2.75, 3.05) is 36.4 Å². The number of likely N-dealkylation sites (tertiary alicyclic amines) is 1. The highest BCUT2D eigenvalue weighted by molar-refractivity contribution is 6.18. The summed E-state index contributed by atoms with van der Waals surface area (Å²) in [5, 5.41) is 11.2. The average Bonchev–Trinajstić information content (AvgIpc) is 3.20. The Kier molecular flexibility index (Phi) is 13.9. The number of piperidine rings is 1. The lowest BCUT2D eigenvalue weighted by molar-refractivity contribution is -0.132. The molecule has 0 radical (unpaired) electrons. The molecule has 1 saturated heterocycles. The van der Waals surface area contributed by atoms with Crippen molar-refractivity contribution >= 4 is 52.5 Å². The monoisotopic (exact) mass is 689 g/mol. The number of nitrogens with one attached hydrogen (secondary N) is 4. The molecule has 0 aromatic heterocycles. The number of hydrogen-bond donors (Lipinski definition) is 5. The number of rotatable bonds is 16. The number of unbranched alkanes of at least 4 members (excludes halogenated alkanes) is 1. The molecule has 2 heterocycles. The number of hydrogen-bond acceptors (Lipinski definition) is 7. The number of amides is 6. The summed E-state index contributed by atoms with van der Waals surface area (Å²) in [6, 6.07) is 12.8.